The van der Waals surface area contributed by atoms with Crippen molar-refractivity contribution in [2.75, 3.05) is 13.1 Å². The number of carbonyl (C=O) groups excluding carboxylic acids is 1. The van der Waals surface area contributed by atoms with Gasteiger partial charge in [0.1, 0.15) is 0 Å². The normalized spacial score (nSPS) is 22.6. The topological polar surface area (TPSA) is 20.3 Å². The monoisotopic (exact) mass is 237 g/mol. The van der Waals surface area contributed by atoms with E-state index in [1.54, 1.807) is 0 Å². The lowest BCUT2D eigenvalue weighted by Crippen LogP contribution is -2.44. The molecule has 16 heavy (non-hydrogen) atoms. The summed E-state index contributed by atoms with van der Waals surface area (Å²) in [5, 5.41) is 0. The third-order valence-corrected chi connectivity index (χ3v) is 2.82. The molecule has 2 nitrogen and oxygen atoms in total. The van der Waals surface area contributed by atoms with Gasteiger partial charge in [-0.2, -0.15) is 13.2 Å². The fourth-order valence-corrected chi connectivity index (χ4v) is 1.95. The highest BCUT2D eigenvalue weighted by Gasteiger charge is 2.42. The molecule has 1 aliphatic rings. The number of piperidine rings is 1. The molecule has 0 aromatic heterocycles. The smallest absolute Gasteiger partial charge is 0.342 e. The van der Waals surface area contributed by atoms with Crippen LogP contribution in [0.3, 0.4) is 0 Å². The first-order chi connectivity index (χ1) is 7.30. The number of rotatable bonds is 2. The van der Waals surface area contributed by atoms with Gasteiger partial charge in [-0.25, -0.2) is 0 Å². The first-order valence-corrected chi connectivity index (χ1v) is 5.65. The van der Waals surface area contributed by atoms with Crippen molar-refractivity contribution >= 4 is 5.91 Å². The lowest BCUT2D eigenvalue weighted by molar-refractivity contribution is -0.188. The summed E-state index contributed by atoms with van der Waals surface area (Å²) < 4.78 is 37.5. The van der Waals surface area contributed by atoms with E-state index in [-0.39, 0.29) is 24.8 Å². The number of alkyl halides is 3. The molecule has 0 spiro atoms. The van der Waals surface area contributed by atoms with Gasteiger partial charge in [-0.3, -0.25) is 4.79 Å². The van der Waals surface area contributed by atoms with E-state index in [0.29, 0.717) is 19.4 Å². The number of amides is 1. The fourth-order valence-electron chi connectivity index (χ4n) is 1.95. The Hall–Kier alpha value is -0.740. The van der Waals surface area contributed by atoms with Gasteiger partial charge in [0.2, 0.25) is 5.91 Å². The average Bonchev–Trinajstić information content (AvgIpc) is 2.15. The highest BCUT2D eigenvalue weighted by Crippen LogP contribution is 2.33. The predicted octanol–water partition coefficient (Wildman–Crippen LogP) is 2.83. The van der Waals surface area contributed by atoms with E-state index in [1.165, 1.54) is 4.90 Å². The maximum Gasteiger partial charge on any atom is 0.393 e. The van der Waals surface area contributed by atoms with Crippen LogP contribution < -0.4 is 0 Å². The quantitative estimate of drug-likeness (QED) is 0.723. The Labute approximate surface area is 93.8 Å². The molecule has 1 fully saturated rings. The minimum atomic E-state index is -4.17. The van der Waals surface area contributed by atoms with Crippen LogP contribution >= 0.6 is 0 Å². The molecule has 0 unspecified atom stereocenters. The minimum absolute atomic E-state index is 0.148. The van der Waals surface area contributed by atoms with Crippen LogP contribution in [0.4, 0.5) is 13.2 Å². The molecule has 0 aliphatic carbocycles. The first-order valence-electron chi connectivity index (χ1n) is 5.65. The van der Waals surface area contributed by atoms with Crippen molar-refractivity contribution in [3.63, 3.8) is 0 Å². The summed E-state index contributed by atoms with van der Waals surface area (Å²) in [7, 11) is 0. The van der Waals surface area contributed by atoms with Crippen LogP contribution in [0.5, 0.6) is 0 Å². The lowest BCUT2D eigenvalue weighted by atomic mass is 9.96. The Morgan fingerprint density at radius 1 is 1.44 bits per heavy atom. The molecule has 0 saturated carbocycles. The number of hydrogen-bond donors (Lipinski definition) is 0. The SMILES string of the molecule is CC(C)CC(=O)N1CCC[C@H](C(F)(F)F)C1. The van der Waals surface area contributed by atoms with Crippen molar-refractivity contribution in [2.24, 2.45) is 11.8 Å². The summed E-state index contributed by atoms with van der Waals surface area (Å²) >= 11 is 0. The molecule has 1 amide bonds. The molecular weight excluding hydrogens is 219 g/mol. The first kappa shape index (κ1) is 13.3. The zero-order chi connectivity index (χ0) is 12.3. The van der Waals surface area contributed by atoms with Crippen LogP contribution in [0.15, 0.2) is 0 Å². The van der Waals surface area contributed by atoms with Crippen molar-refractivity contribution in [3.05, 3.63) is 0 Å². The third kappa shape index (κ3) is 3.68. The van der Waals surface area contributed by atoms with E-state index in [9.17, 15) is 18.0 Å². The minimum Gasteiger partial charge on any atom is -0.342 e. The summed E-state index contributed by atoms with van der Waals surface area (Å²) in [6.07, 6.45) is -3.23. The standard InChI is InChI=1S/C11H18F3NO/c1-8(2)6-10(16)15-5-3-4-9(7-15)11(12,13)14/h8-9H,3-7H2,1-2H3/t9-/m0/s1. The van der Waals surface area contributed by atoms with Gasteiger partial charge in [-0.15, -0.1) is 0 Å². The maximum atomic E-state index is 12.5. The van der Waals surface area contributed by atoms with Crippen molar-refractivity contribution in [3.8, 4) is 0 Å². The number of likely N-dealkylation sites (tertiary alicyclic amines) is 1. The Balaban J connectivity index is 2.54. The van der Waals surface area contributed by atoms with Gasteiger partial charge >= 0.3 is 6.18 Å². The Bertz CT molecular complexity index is 250. The predicted molar refractivity (Wildman–Crippen MR) is 54.8 cm³/mol. The Morgan fingerprint density at radius 2 is 2.06 bits per heavy atom. The lowest BCUT2D eigenvalue weighted by Gasteiger charge is -2.34. The zero-order valence-electron chi connectivity index (χ0n) is 9.68. The highest BCUT2D eigenvalue weighted by molar-refractivity contribution is 5.76. The molecule has 1 saturated heterocycles. The van der Waals surface area contributed by atoms with Crippen LogP contribution in [0, 0.1) is 11.8 Å². The van der Waals surface area contributed by atoms with E-state index in [2.05, 4.69) is 0 Å². The van der Waals surface area contributed by atoms with Crippen LogP contribution in [0.1, 0.15) is 33.1 Å². The summed E-state index contributed by atoms with van der Waals surface area (Å²) in [4.78, 5) is 13.0. The van der Waals surface area contributed by atoms with Gasteiger partial charge in [0.05, 0.1) is 5.92 Å². The third-order valence-electron chi connectivity index (χ3n) is 2.82. The Morgan fingerprint density at radius 3 is 2.56 bits per heavy atom. The van der Waals surface area contributed by atoms with Crippen molar-refractivity contribution in [2.45, 2.75) is 39.3 Å². The van der Waals surface area contributed by atoms with Gasteiger partial charge in [0.15, 0.2) is 0 Å². The fraction of sp³-hybridized carbons (Fsp3) is 0.909. The van der Waals surface area contributed by atoms with Crippen LogP contribution in [0.25, 0.3) is 0 Å². The second-order valence-corrected chi connectivity index (χ2v) is 4.82. The summed E-state index contributed by atoms with van der Waals surface area (Å²) in [5.74, 6) is -1.29. The molecule has 0 aromatic carbocycles. The molecular formula is C11H18F3NO. The van der Waals surface area contributed by atoms with Crippen molar-refractivity contribution < 1.29 is 18.0 Å². The molecule has 0 aromatic rings. The molecule has 0 bridgehead atoms. The molecule has 1 aliphatic heterocycles. The molecule has 5 heteroatoms. The van der Waals surface area contributed by atoms with Gasteiger partial charge in [0, 0.05) is 19.5 Å². The molecule has 0 N–H and O–H groups in total. The van der Waals surface area contributed by atoms with Crippen LogP contribution in [-0.2, 0) is 4.79 Å². The second-order valence-electron chi connectivity index (χ2n) is 4.82. The van der Waals surface area contributed by atoms with Gasteiger partial charge < -0.3 is 4.90 Å². The Kier molecular flexibility index (Phi) is 4.21. The largest absolute Gasteiger partial charge is 0.393 e. The van der Waals surface area contributed by atoms with Crippen molar-refractivity contribution in [1.29, 1.82) is 0 Å². The molecule has 1 atom stereocenters. The summed E-state index contributed by atoms with van der Waals surface area (Å²) in [5.41, 5.74) is 0. The van der Waals surface area contributed by atoms with E-state index in [0.717, 1.165) is 0 Å². The molecule has 94 valence electrons. The molecule has 1 heterocycles. The van der Waals surface area contributed by atoms with Gasteiger partial charge in [0.25, 0.3) is 0 Å². The van der Waals surface area contributed by atoms with Gasteiger partial charge in [-0.1, -0.05) is 13.8 Å². The van der Waals surface area contributed by atoms with Crippen LogP contribution in [-0.4, -0.2) is 30.1 Å². The molecule has 0 radical (unpaired) electrons. The van der Waals surface area contributed by atoms with Crippen LogP contribution in [0.2, 0.25) is 0 Å². The molecule has 1 rings (SSSR count). The number of halogens is 3. The number of hydrogen-bond acceptors (Lipinski definition) is 1. The van der Waals surface area contributed by atoms with E-state index >= 15 is 0 Å². The zero-order valence-corrected chi connectivity index (χ0v) is 9.68. The van der Waals surface area contributed by atoms with E-state index < -0.39 is 12.1 Å². The average molecular weight is 237 g/mol. The van der Waals surface area contributed by atoms with E-state index in [4.69, 9.17) is 0 Å². The number of carbonyl (C=O) groups is 1. The number of nitrogens with zero attached hydrogens (tertiary/aromatic N) is 1. The highest BCUT2D eigenvalue weighted by atomic mass is 19.4. The van der Waals surface area contributed by atoms with E-state index in [1.807, 2.05) is 13.8 Å². The van der Waals surface area contributed by atoms with Gasteiger partial charge in [-0.05, 0) is 18.8 Å². The maximum absolute atomic E-state index is 12.5. The summed E-state index contributed by atoms with van der Waals surface area (Å²) in [6.45, 7) is 4.10. The van der Waals surface area contributed by atoms with Crippen molar-refractivity contribution in [1.82, 2.24) is 4.90 Å². The second kappa shape index (κ2) is 5.06. The summed E-state index contributed by atoms with van der Waals surface area (Å²) in [6, 6.07) is 0.